The van der Waals surface area contributed by atoms with Crippen molar-refractivity contribution < 1.29 is 0 Å². The van der Waals surface area contributed by atoms with Crippen LogP contribution >= 0.6 is 0 Å². The highest BCUT2D eigenvalue weighted by Gasteiger charge is 2.09. The van der Waals surface area contributed by atoms with E-state index in [1.54, 1.807) is 19.1 Å². The van der Waals surface area contributed by atoms with Gasteiger partial charge in [0, 0.05) is 0 Å². The highest BCUT2D eigenvalue weighted by atomic mass is 15.0. The summed E-state index contributed by atoms with van der Waals surface area (Å²) in [6.45, 7) is 1.71. The Labute approximate surface area is 81.9 Å². The molecule has 0 saturated heterocycles. The summed E-state index contributed by atoms with van der Waals surface area (Å²) >= 11 is 0. The largest absolute Gasteiger partial charge is 0.337 e. The van der Waals surface area contributed by atoms with Crippen molar-refractivity contribution in [3.05, 3.63) is 23.0 Å². The summed E-state index contributed by atoms with van der Waals surface area (Å²) in [7, 11) is 0. The monoisotopic (exact) mass is 182 g/mol. The van der Waals surface area contributed by atoms with E-state index in [2.05, 4.69) is 16.2 Å². The topological polar surface area (TPSA) is 72.0 Å². The van der Waals surface area contributed by atoms with Crippen molar-refractivity contribution in [1.82, 2.24) is 5.32 Å². The highest BCUT2D eigenvalue weighted by molar-refractivity contribution is 5.85. The van der Waals surface area contributed by atoms with Gasteiger partial charge in [0.15, 0.2) is 5.57 Å². The average molecular weight is 182 g/mol. The van der Waals surface area contributed by atoms with E-state index in [0.29, 0.717) is 17.2 Å². The molecule has 0 aromatic carbocycles. The average Bonchev–Trinajstić information content (AvgIpc) is 2.19. The zero-order chi connectivity index (χ0) is 10.6. The number of nitrogens with one attached hydrogen (secondary N) is 1. The minimum absolute atomic E-state index is 0.0430. The molecule has 14 heavy (non-hydrogen) atoms. The number of nitriles is 2. The molecule has 1 aliphatic heterocycles. The first-order valence-electron chi connectivity index (χ1n) is 3.76. The minimum atomic E-state index is -0.0430. The van der Waals surface area contributed by atoms with Crippen molar-refractivity contribution >= 4 is 5.84 Å². The zero-order valence-corrected chi connectivity index (χ0v) is 7.50. The number of terminal acetylenes is 1. The van der Waals surface area contributed by atoms with Gasteiger partial charge >= 0.3 is 0 Å². The van der Waals surface area contributed by atoms with Gasteiger partial charge in [-0.3, -0.25) is 0 Å². The first-order valence-corrected chi connectivity index (χ1v) is 3.76. The lowest BCUT2D eigenvalue weighted by molar-refractivity contribution is 1.11. The minimum Gasteiger partial charge on any atom is -0.337 e. The van der Waals surface area contributed by atoms with Crippen LogP contribution in [0.15, 0.2) is 28.0 Å². The number of nitrogens with zero attached hydrogens (tertiary/aromatic N) is 3. The summed E-state index contributed by atoms with van der Waals surface area (Å²) in [6.07, 6.45) is 6.68. The van der Waals surface area contributed by atoms with E-state index in [1.165, 1.54) is 6.08 Å². The first-order chi connectivity index (χ1) is 6.71. The van der Waals surface area contributed by atoms with Crippen molar-refractivity contribution in [2.24, 2.45) is 4.99 Å². The number of hydrogen-bond donors (Lipinski definition) is 1. The molecular formula is C10H6N4. The third kappa shape index (κ3) is 1.80. The molecule has 1 N–H and O–H groups in total. The fourth-order valence-corrected chi connectivity index (χ4v) is 0.954. The molecule has 0 unspecified atom stereocenters. The van der Waals surface area contributed by atoms with Crippen LogP contribution in [0.4, 0.5) is 0 Å². The Kier molecular flexibility index (Phi) is 2.69. The van der Waals surface area contributed by atoms with E-state index in [1.807, 2.05) is 0 Å². The molecule has 0 atom stereocenters. The number of allylic oxidation sites excluding steroid dienone is 3. The van der Waals surface area contributed by atoms with Crippen LogP contribution < -0.4 is 5.32 Å². The lowest BCUT2D eigenvalue weighted by Gasteiger charge is -2.10. The third-order valence-corrected chi connectivity index (χ3v) is 1.52. The van der Waals surface area contributed by atoms with Crippen molar-refractivity contribution in [2.75, 3.05) is 0 Å². The van der Waals surface area contributed by atoms with Crippen LogP contribution in [-0.4, -0.2) is 5.84 Å². The molecule has 0 spiro atoms. The molecular weight excluding hydrogens is 176 g/mol. The third-order valence-electron chi connectivity index (χ3n) is 1.52. The summed E-state index contributed by atoms with van der Waals surface area (Å²) in [5.74, 6) is 2.95. The summed E-state index contributed by atoms with van der Waals surface area (Å²) in [4.78, 5) is 3.99. The van der Waals surface area contributed by atoms with Crippen LogP contribution in [0, 0.1) is 35.0 Å². The van der Waals surface area contributed by atoms with Crippen molar-refractivity contribution in [3.8, 4) is 24.5 Å². The predicted octanol–water partition coefficient (Wildman–Crippen LogP) is 0.826. The normalized spacial score (nSPS) is 13.7. The fourth-order valence-electron chi connectivity index (χ4n) is 0.954. The van der Waals surface area contributed by atoms with Crippen LogP contribution in [0.1, 0.15) is 6.92 Å². The second-order valence-electron chi connectivity index (χ2n) is 2.51. The first kappa shape index (κ1) is 9.58. The molecule has 4 heteroatoms. The zero-order valence-electron chi connectivity index (χ0n) is 7.50. The van der Waals surface area contributed by atoms with Crippen molar-refractivity contribution in [3.63, 3.8) is 0 Å². The van der Waals surface area contributed by atoms with Gasteiger partial charge in [0.25, 0.3) is 0 Å². The lowest BCUT2D eigenvalue weighted by Crippen LogP contribution is -2.22. The Morgan fingerprint density at radius 2 is 2.14 bits per heavy atom. The molecule has 1 aliphatic rings. The summed E-state index contributed by atoms with van der Waals surface area (Å²) < 4.78 is 0. The number of amidine groups is 1. The summed E-state index contributed by atoms with van der Waals surface area (Å²) in [5, 5.41) is 20.1. The molecule has 0 radical (unpaired) electrons. The van der Waals surface area contributed by atoms with Gasteiger partial charge in [0.05, 0.1) is 11.4 Å². The molecule has 0 saturated carbocycles. The van der Waals surface area contributed by atoms with Crippen molar-refractivity contribution in [1.29, 1.82) is 10.5 Å². The van der Waals surface area contributed by atoms with E-state index in [4.69, 9.17) is 16.9 Å². The van der Waals surface area contributed by atoms with Gasteiger partial charge in [0.1, 0.15) is 18.0 Å². The van der Waals surface area contributed by atoms with E-state index in [9.17, 15) is 0 Å². The van der Waals surface area contributed by atoms with E-state index < -0.39 is 0 Å². The molecule has 0 amide bonds. The molecule has 1 heterocycles. The SMILES string of the molecule is C#CC1=CC(=C(C#N)C#N)N=C(C)N1. The van der Waals surface area contributed by atoms with Crippen molar-refractivity contribution in [2.45, 2.75) is 6.92 Å². The maximum atomic E-state index is 8.62. The number of aliphatic imine (C=N–C) groups is 1. The predicted molar refractivity (Wildman–Crippen MR) is 51.4 cm³/mol. The van der Waals surface area contributed by atoms with Gasteiger partial charge in [-0.2, -0.15) is 10.5 Å². The Morgan fingerprint density at radius 1 is 1.50 bits per heavy atom. The van der Waals surface area contributed by atoms with Crippen LogP contribution in [0.3, 0.4) is 0 Å². The Bertz CT molecular complexity index is 456. The summed E-state index contributed by atoms with van der Waals surface area (Å²) in [6, 6.07) is 3.51. The van der Waals surface area contributed by atoms with Gasteiger partial charge in [-0.1, -0.05) is 5.92 Å². The molecule has 0 aliphatic carbocycles. The van der Waals surface area contributed by atoms with E-state index in [-0.39, 0.29) is 5.57 Å². The Hall–Kier alpha value is -2.51. The van der Waals surface area contributed by atoms with Crippen LogP contribution in [0.25, 0.3) is 0 Å². The van der Waals surface area contributed by atoms with Crippen LogP contribution in [0.2, 0.25) is 0 Å². The second kappa shape index (κ2) is 3.94. The van der Waals surface area contributed by atoms with Gasteiger partial charge in [0.2, 0.25) is 0 Å². The van der Waals surface area contributed by atoms with Gasteiger partial charge in [-0.25, -0.2) is 4.99 Å². The fraction of sp³-hybridized carbons (Fsp3) is 0.100. The van der Waals surface area contributed by atoms with Crippen LogP contribution in [0.5, 0.6) is 0 Å². The van der Waals surface area contributed by atoms with E-state index >= 15 is 0 Å². The van der Waals surface area contributed by atoms with Gasteiger partial charge < -0.3 is 5.32 Å². The molecule has 1 rings (SSSR count). The molecule has 0 fully saturated rings. The molecule has 0 bridgehead atoms. The van der Waals surface area contributed by atoms with Crippen LogP contribution in [-0.2, 0) is 0 Å². The molecule has 4 nitrogen and oxygen atoms in total. The van der Waals surface area contributed by atoms with Gasteiger partial charge in [-0.05, 0) is 13.0 Å². The second-order valence-corrected chi connectivity index (χ2v) is 2.51. The standard InChI is InChI=1S/C10H6N4/c1-3-9-4-10(8(5-11)6-12)14-7(2)13-9/h1,4H,2H3,(H,13,14). The Balaban J connectivity index is 3.28. The lowest BCUT2D eigenvalue weighted by atomic mass is 10.2. The molecule has 0 aromatic heterocycles. The highest BCUT2D eigenvalue weighted by Crippen LogP contribution is 2.12. The number of rotatable bonds is 0. The summed E-state index contributed by atoms with van der Waals surface area (Å²) in [5.41, 5.74) is 0.758. The maximum absolute atomic E-state index is 8.62. The quantitative estimate of drug-likeness (QED) is 0.445. The maximum Gasteiger partial charge on any atom is 0.155 e. The molecule has 66 valence electrons. The number of hydrogen-bond acceptors (Lipinski definition) is 4. The molecule has 0 aromatic rings. The van der Waals surface area contributed by atoms with E-state index in [0.717, 1.165) is 0 Å². The van der Waals surface area contributed by atoms with Gasteiger partial charge in [-0.15, -0.1) is 6.42 Å². The smallest absolute Gasteiger partial charge is 0.155 e. The Morgan fingerprint density at radius 3 is 2.64 bits per heavy atom.